The zero-order valence-electron chi connectivity index (χ0n) is 18.4. The Morgan fingerprint density at radius 3 is 2.76 bits per heavy atom. The molecule has 10 nitrogen and oxygen atoms in total. The van der Waals surface area contributed by atoms with Crippen molar-refractivity contribution < 1.29 is 4.74 Å². The van der Waals surface area contributed by atoms with Crippen LogP contribution in [-0.4, -0.2) is 74.4 Å². The van der Waals surface area contributed by atoms with Gasteiger partial charge in [-0.25, -0.2) is 15.0 Å². The molecule has 1 saturated heterocycles. The van der Waals surface area contributed by atoms with Gasteiger partial charge in [0.15, 0.2) is 5.65 Å². The first-order valence-corrected chi connectivity index (χ1v) is 11.2. The van der Waals surface area contributed by atoms with Gasteiger partial charge in [-0.2, -0.15) is 10.1 Å². The number of ether oxygens (including phenoxy) is 1. The van der Waals surface area contributed by atoms with E-state index in [0.29, 0.717) is 34.8 Å². The number of aromatic amines is 1. The van der Waals surface area contributed by atoms with E-state index in [1.165, 1.54) is 0 Å². The number of anilines is 2. The molecule has 178 valence electrons. The summed E-state index contributed by atoms with van der Waals surface area (Å²) in [5, 5.41) is 15.4. The number of nitrogens with one attached hydrogen (secondary N) is 3. The van der Waals surface area contributed by atoms with Crippen molar-refractivity contribution in [3.63, 3.8) is 0 Å². The highest BCUT2D eigenvalue weighted by molar-refractivity contribution is 6.30. The topological polar surface area (TPSA) is 117 Å². The molecule has 1 aromatic carbocycles. The summed E-state index contributed by atoms with van der Waals surface area (Å²) in [5.74, 6) is 1.07. The van der Waals surface area contributed by atoms with Gasteiger partial charge in [-0.15, -0.1) is 12.4 Å². The van der Waals surface area contributed by atoms with Crippen molar-refractivity contribution in [2.24, 2.45) is 0 Å². The summed E-state index contributed by atoms with van der Waals surface area (Å²) >= 11 is 6.06. The second-order valence-corrected chi connectivity index (χ2v) is 8.10. The summed E-state index contributed by atoms with van der Waals surface area (Å²) in [6.07, 6.45) is 3.47. The van der Waals surface area contributed by atoms with Crippen LogP contribution in [0, 0.1) is 0 Å². The van der Waals surface area contributed by atoms with Crippen molar-refractivity contribution in [1.29, 1.82) is 0 Å². The minimum atomic E-state index is 0. The molecule has 0 aliphatic carbocycles. The number of fused-ring (bicyclic) bond motifs is 1. The molecule has 0 spiro atoms. The largest absolute Gasteiger partial charge is 0.379 e. The van der Waals surface area contributed by atoms with E-state index in [-0.39, 0.29) is 12.4 Å². The maximum absolute atomic E-state index is 6.06. The first kappa shape index (κ1) is 24.1. The molecular weight excluding hydrogens is 477 g/mol. The van der Waals surface area contributed by atoms with Crippen LogP contribution in [0.15, 0.2) is 42.7 Å². The van der Waals surface area contributed by atoms with Gasteiger partial charge in [0.1, 0.15) is 0 Å². The van der Waals surface area contributed by atoms with E-state index in [4.69, 9.17) is 16.3 Å². The fourth-order valence-electron chi connectivity index (χ4n) is 3.65. The quantitative estimate of drug-likeness (QED) is 0.334. The van der Waals surface area contributed by atoms with Crippen LogP contribution in [0.4, 0.5) is 11.9 Å². The van der Waals surface area contributed by atoms with Gasteiger partial charge in [-0.1, -0.05) is 23.7 Å². The van der Waals surface area contributed by atoms with E-state index in [2.05, 4.69) is 45.7 Å². The molecule has 0 amide bonds. The molecule has 34 heavy (non-hydrogen) atoms. The SMILES string of the molecule is Cl.Clc1cccc(CNc2nccc(-c3[nH]nc4nc(NCCN5CCOCC5)ncc34)n2)c1. The monoisotopic (exact) mass is 501 g/mol. The summed E-state index contributed by atoms with van der Waals surface area (Å²) in [4.78, 5) is 20.3. The molecule has 0 bridgehead atoms. The predicted molar refractivity (Wildman–Crippen MR) is 134 cm³/mol. The average molecular weight is 502 g/mol. The van der Waals surface area contributed by atoms with Crippen LogP contribution in [0.25, 0.3) is 22.4 Å². The Kier molecular flexibility index (Phi) is 8.07. The Hall–Kier alpha value is -3.05. The van der Waals surface area contributed by atoms with Crippen LogP contribution in [0.3, 0.4) is 0 Å². The van der Waals surface area contributed by atoms with E-state index in [9.17, 15) is 0 Å². The Labute approximate surface area is 207 Å². The molecule has 1 fully saturated rings. The highest BCUT2D eigenvalue weighted by Crippen LogP contribution is 2.24. The van der Waals surface area contributed by atoms with Crippen LogP contribution >= 0.6 is 24.0 Å². The third-order valence-electron chi connectivity index (χ3n) is 5.38. The van der Waals surface area contributed by atoms with Gasteiger partial charge < -0.3 is 15.4 Å². The average Bonchev–Trinajstić information content (AvgIpc) is 3.27. The zero-order chi connectivity index (χ0) is 22.5. The number of halogens is 2. The van der Waals surface area contributed by atoms with Gasteiger partial charge in [0.25, 0.3) is 0 Å². The summed E-state index contributed by atoms with van der Waals surface area (Å²) in [6.45, 7) is 5.74. The second kappa shape index (κ2) is 11.4. The van der Waals surface area contributed by atoms with Gasteiger partial charge in [0.2, 0.25) is 11.9 Å². The van der Waals surface area contributed by atoms with Crippen molar-refractivity contribution in [2.75, 3.05) is 50.0 Å². The van der Waals surface area contributed by atoms with Gasteiger partial charge >= 0.3 is 0 Å². The fourth-order valence-corrected chi connectivity index (χ4v) is 3.86. The first-order chi connectivity index (χ1) is 16.2. The second-order valence-electron chi connectivity index (χ2n) is 7.66. The standard InChI is InChI=1S/C22H24ClN9O.ClH/c23-16-3-1-2-15(12-16)13-26-21-24-5-4-18(28-21)19-17-14-27-22(29-20(17)31-30-19)25-6-7-32-8-10-33-11-9-32;/h1-5,12,14H,6-11,13H2,(H,24,26,28)(H2,25,27,29,30,31);1H. The molecule has 12 heteroatoms. The number of H-pyrrole nitrogens is 1. The highest BCUT2D eigenvalue weighted by atomic mass is 35.5. The molecule has 0 unspecified atom stereocenters. The lowest BCUT2D eigenvalue weighted by Gasteiger charge is -2.26. The third-order valence-corrected chi connectivity index (χ3v) is 5.61. The van der Waals surface area contributed by atoms with Crippen LogP contribution in [0.2, 0.25) is 5.02 Å². The number of aromatic nitrogens is 6. The molecule has 4 aromatic rings. The lowest BCUT2D eigenvalue weighted by molar-refractivity contribution is 0.0398. The minimum absolute atomic E-state index is 0. The number of morpholine rings is 1. The molecule has 5 rings (SSSR count). The lowest BCUT2D eigenvalue weighted by Crippen LogP contribution is -2.39. The molecule has 3 aromatic heterocycles. The molecule has 0 radical (unpaired) electrons. The highest BCUT2D eigenvalue weighted by Gasteiger charge is 2.13. The van der Waals surface area contributed by atoms with Gasteiger partial charge in [-0.3, -0.25) is 10.00 Å². The summed E-state index contributed by atoms with van der Waals surface area (Å²) in [6, 6.07) is 9.49. The lowest BCUT2D eigenvalue weighted by atomic mass is 10.2. The number of benzene rings is 1. The first-order valence-electron chi connectivity index (χ1n) is 10.8. The summed E-state index contributed by atoms with van der Waals surface area (Å²) in [7, 11) is 0. The van der Waals surface area contributed by atoms with Crippen LogP contribution in [-0.2, 0) is 11.3 Å². The summed E-state index contributed by atoms with van der Waals surface area (Å²) in [5.41, 5.74) is 3.09. The third kappa shape index (κ3) is 5.89. The van der Waals surface area contributed by atoms with Crippen molar-refractivity contribution >= 4 is 46.9 Å². The number of rotatable bonds is 8. The van der Waals surface area contributed by atoms with E-state index < -0.39 is 0 Å². The van der Waals surface area contributed by atoms with Crippen molar-refractivity contribution in [2.45, 2.75) is 6.54 Å². The van der Waals surface area contributed by atoms with Crippen LogP contribution < -0.4 is 10.6 Å². The van der Waals surface area contributed by atoms with Crippen molar-refractivity contribution in [1.82, 2.24) is 35.0 Å². The summed E-state index contributed by atoms with van der Waals surface area (Å²) < 4.78 is 5.38. The Bertz CT molecular complexity index is 1230. The Balaban J connectivity index is 0.00000274. The molecule has 0 saturated carbocycles. The Morgan fingerprint density at radius 2 is 1.91 bits per heavy atom. The molecular formula is C22H25Cl2N9O. The van der Waals surface area contributed by atoms with Crippen LogP contribution in [0.1, 0.15) is 5.56 Å². The maximum atomic E-state index is 6.06. The van der Waals surface area contributed by atoms with E-state index >= 15 is 0 Å². The van der Waals surface area contributed by atoms with Gasteiger partial charge in [0, 0.05) is 50.1 Å². The number of hydrogen-bond acceptors (Lipinski definition) is 9. The molecule has 4 heterocycles. The minimum Gasteiger partial charge on any atom is -0.379 e. The maximum Gasteiger partial charge on any atom is 0.224 e. The van der Waals surface area contributed by atoms with Crippen LogP contribution in [0.5, 0.6) is 0 Å². The molecule has 1 aliphatic heterocycles. The van der Waals surface area contributed by atoms with Gasteiger partial charge in [-0.05, 0) is 23.8 Å². The molecule has 3 N–H and O–H groups in total. The Morgan fingerprint density at radius 1 is 1.06 bits per heavy atom. The van der Waals surface area contributed by atoms with E-state index in [0.717, 1.165) is 56.0 Å². The molecule has 1 aliphatic rings. The molecule has 0 atom stereocenters. The number of nitrogens with zero attached hydrogens (tertiary/aromatic N) is 6. The van der Waals surface area contributed by atoms with Gasteiger partial charge in [0.05, 0.1) is 30.0 Å². The normalized spacial score (nSPS) is 14.0. The van der Waals surface area contributed by atoms with E-state index in [1.807, 2.05) is 30.3 Å². The smallest absolute Gasteiger partial charge is 0.224 e. The van der Waals surface area contributed by atoms with Crippen molar-refractivity contribution in [3.05, 3.63) is 53.3 Å². The zero-order valence-corrected chi connectivity index (χ0v) is 19.9. The predicted octanol–water partition coefficient (Wildman–Crippen LogP) is 3.24. The fraction of sp³-hybridized carbons (Fsp3) is 0.318. The number of hydrogen-bond donors (Lipinski definition) is 3. The van der Waals surface area contributed by atoms with Crippen molar-refractivity contribution in [3.8, 4) is 11.4 Å². The van der Waals surface area contributed by atoms with E-state index in [1.54, 1.807) is 12.4 Å².